The van der Waals surface area contributed by atoms with Crippen molar-refractivity contribution in [2.24, 2.45) is 17.3 Å². The van der Waals surface area contributed by atoms with Gasteiger partial charge in [-0.05, 0) is 51.9 Å². The van der Waals surface area contributed by atoms with Gasteiger partial charge in [0.05, 0.1) is 25.4 Å². The molecule has 0 aromatic carbocycles. The number of amides is 2. The minimum absolute atomic E-state index is 0.00376. The Kier molecular flexibility index (Phi) is 10.9. The molecule has 0 saturated heterocycles. The summed E-state index contributed by atoms with van der Waals surface area (Å²) in [4.78, 5) is 24.6. The molecule has 29 heavy (non-hydrogen) atoms. The maximum atomic E-state index is 12.3. The zero-order valence-corrected chi connectivity index (χ0v) is 19.3. The summed E-state index contributed by atoms with van der Waals surface area (Å²) in [5.74, 6) is 0.206. The zero-order valence-electron chi connectivity index (χ0n) is 19.3. The summed E-state index contributed by atoms with van der Waals surface area (Å²) in [6.45, 7) is 15.1. The number of hydrogen-bond acceptors (Lipinski definition) is 4. The standard InChI is InChI=1S/C23H42N2O4/c1-22(2,3)12-7-13-24-20(26)18-8-10-19(11-9-18)21(27)25-14-15-28-16-17-29-23(4,5)6/h7,12,18-19H,8-11,13-17H2,1-6H3,(H,24,26)(H,25,27). The van der Waals surface area contributed by atoms with Crippen LogP contribution in [0.5, 0.6) is 0 Å². The van der Waals surface area contributed by atoms with Gasteiger partial charge in [0.15, 0.2) is 0 Å². The first-order valence-electron chi connectivity index (χ1n) is 10.9. The maximum Gasteiger partial charge on any atom is 0.223 e. The van der Waals surface area contributed by atoms with Gasteiger partial charge in [-0.1, -0.05) is 32.9 Å². The Morgan fingerprint density at radius 2 is 1.41 bits per heavy atom. The van der Waals surface area contributed by atoms with E-state index in [1.165, 1.54) is 0 Å². The molecule has 2 amide bonds. The zero-order chi connectivity index (χ0) is 21.9. The second-order valence-electron chi connectivity index (χ2n) is 9.93. The number of carbonyl (C=O) groups is 2. The topological polar surface area (TPSA) is 76.7 Å². The number of nitrogens with one attached hydrogen (secondary N) is 2. The maximum absolute atomic E-state index is 12.3. The average molecular weight is 411 g/mol. The normalized spacial score (nSPS) is 20.6. The van der Waals surface area contributed by atoms with Crippen LogP contribution in [-0.2, 0) is 19.1 Å². The molecular weight excluding hydrogens is 368 g/mol. The second kappa shape index (κ2) is 12.3. The Labute approximate surface area is 177 Å². The van der Waals surface area contributed by atoms with Crippen LogP contribution in [0, 0.1) is 17.3 Å². The van der Waals surface area contributed by atoms with Crippen molar-refractivity contribution in [2.45, 2.75) is 72.8 Å². The Morgan fingerprint density at radius 1 is 0.862 bits per heavy atom. The molecule has 0 aromatic rings. The summed E-state index contributed by atoms with van der Waals surface area (Å²) in [5.41, 5.74) is -0.0299. The number of rotatable bonds is 10. The van der Waals surface area contributed by atoms with Crippen molar-refractivity contribution >= 4 is 11.8 Å². The van der Waals surface area contributed by atoms with Crippen LogP contribution in [0.4, 0.5) is 0 Å². The lowest BCUT2D eigenvalue weighted by Gasteiger charge is -2.27. The largest absolute Gasteiger partial charge is 0.377 e. The van der Waals surface area contributed by atoms with E-state index in [9.17, 15) is 9.59 Å². The van der Waals surface area contributed by atoms with E-state index in [4.69, 9.17) is 9.47 Å². The van der Waals surface area contributed by atoms with E-state index < -0.39 is 0 Å². The van der Waals surface area contributed by atoms with Crippen molar-refractivity contribution in [3.05, 3.63) is 12.2 Å². The first kappa shape index (κ1) is 25.6. The summed E-state index contributed by atoms with van der Waals surface area (Å²) in [7, 11) is 0. The van der Waals surface area contributed by atoms with E-state index in [0.717, 1.165) is 25.7 Å². The molecule has 168 valence electrons. The summed E-state index contributed by atoms with van der Waals surface area (Å²) in [5, 5.41) is 5.93. The second-order valence-corrected chi connectivity index (χ2v) is 9.93. The molecule has 1 aliphatic rings. The molecule has 1 rings (SSSR count). The molecule has 1 fully saturated rings. The lowest BCUT2D eigenvalue weighted by atomic mass is 9.81. The molecule has 0 aliphatic heterocycles. The Bertz CT molecular complexity index is 524. The molecule has 0 heterocycles. The fourth-order valence-electron chi connectivity index (χ4n) is 3.23. The molecule has 0 aromatic heterocycles. The van der Waals surface area contributed by atoms with E-state index in [0.29, 0.717) is 32.9 Å². The van der Waals surface area contributed by atoms with E-state index in [1.54, 1.807) is 0 Å². The van der Waals surface area contributed by atoms with Crippen LogP contribution in [0.15, 0.2) is 12.2 Å². The predicted molar refractivity (Wildman–Crippen MR) is 117 cm³/mol. The molecule has 0 unspecified atom stereocenters. The molecule has 0 atom stereocenters. The fraction of sp³-hybridized carbons (Fsp3) is 0.826. The highest BCUT2D eigenvalue weighted by molar-refractivity contribution is 5.81. The van der Waals surface area contributed by atoms with Crippen LogP contribution in [0.3, 0.4) is 0 Å². The number of ether oxygens (including phenoxy) is 2. The summed E-state index contributed by atoms with van der Waals surface area (Å²) in [6.07, 6.45) is 7.19. The summed E-state index contributed by atoms with van der Waals surface area (Å²) in [6, 6.07) is 0. The van der Waals surface area contributed by atoms with E-state index in [1.807, 2.05) is 26.8 Å². The highest BCUT2D eigenvalue weighted by Crippen LogP contribution is 2.29. The molecule has 6 heteroatoms. The van der Waals surface area contributed by atoms with Gasteiger partial charge in [-0.2, -0.15) is 0 Å². The van der Waals surface area contributed by atoms with E-state index in [-0.39, 0.29) is 34.7 Å². The molecule has 0 spiro atoms. The van der Waals surface area contributed by atoms with Gasteiger partial charge in [0, 0.05) is 24.9 Å². The van der Waals surface area contributed by atoms with Crippen molar-refractivity contribution in [1.29, 1.82) is 0 Å². The molecule has 2 N–H and O–H groups in total. The lowest BCUT2D eigenvalue weighted by molar-refractivity contribution is -0.130. The third-order valence-electron chi connectivity index (χ3n) is 4.79. The van der Waals surface area contributed by atoms with Gasteiger partial charge in [-0.25, -0.2) is 0 Å². The molecule has 1 aliphatic carbocycles. The monoisotopic (exact) mass is 410 g/mol. The van der Waals surface area contributed by atoms with Gasteiger partial charge in [-0.15, -0.1) is 0 Å². The van der Waals surface area contributed by atoms with Crippen LogP contribution in [0.1, 0.15) is 67.2 Å². The van der Waals surface area contributed by atoms with Crippen molar-refractivity contribution in [3.63, 3.8) is 0 Å². The lowest BCUT2D eigenvalue weighted by Crippen LogP contribution is -2.38. The summed E-state index contributed by atoms with van der Waals surface area (Å²) >= 11 is 0. The first-order chi connectivity index (χ1) is 13.5. The van der Waals surface area contributed by atoms with Gasteiger partial charge in [0.2, 0.25) is 11.8 Å². The first-order valence-corrected chi connectivity index (χ1v) is 10.9. The van der Waals surface area contributed by atoms with Crippen LogP contribution in [0.25, 0.3) is 0 Å². The van der Waals surface area contributed by atoms with Gasteiger partial charge in [0.25, 0.3) is 0 Å². The third-order valence-corrected chi connectivity index (χ3v) is 4.79. The number of carbonyl (C=O) groups excluding carboxylic acids is 2. The molecule has 6 nitrogen and oxygen atoms in total. The fourth-order valence-corrected chi connectivity index (χ4v) is 3.23. The smallest absolute Gasteiger partial charge is 0.223 e. The van der Waals surface area contributed by atoms with E-state index in [2.05, 4.69) is 37.5 Å². The number of allylic oxidation sites excluding steroid dienone is 1. The van der Waals surface area contributed by atoms with Crippen LogP contribution >= 0.6 is 0 Å². The van der Waals surface area contributed by atoms with Gasteiger partial charge < -0.3 is 20.1 Å². The third kappa shape index (κ3) is 12.7. The van der Waals surface area contributed by atoms with Crippen LogP contribution in [0.2, 0.25) is 0 Å². The van der Waals surface area contributed by atoms with Crippen molar-refractivity contribution < 1.29 is 19.1 Å². The Hall–Kier alpha value is -1.40. The van der Waals surface area contributed by atoms with Crippen LogP contribution in [-0.4, -0.2) is 50.3 Å². The molecule has 1 saturated carbocycles. The average Bonchev–Trinajstić information content (AvgIpc) is 2.62. The molecule has 0 bridgehead atoms. The van der Waals surface area contributed by atoms with Gasteiger partial charge in [-0.3, -0.25) is 9.59 Å². The quantitative estimate of drug-likeness (QED) is 0.427. The van der Waals surface area contributed by atoms with Crippen LogP contribution < -0.4 is 10.6 Å². The van der Waals surface area contributed by atoms with Crippen molar-refractivity contribution in [1.82, 2.24) is 10.6 Å². The van der Waals surface area contributed by atoms with Gasteiger partial charge >= 0.3 is 0 Å². The molecule has 0 radical (unpaired) electrons. The minimum Gasteiger partial charge on any atom is -0.377 e. The van der Waals surface area contributed by atoms with Gasteiger partial charge in [0.1, 0.15) is 0 Å². The predicted octanol–water partition coefficient (Wildman–Crippen LogP) is 3.46. The van der Waals surface area contributed by atoms with Crippen molar-refractivity contribution in [2.75, 3.05) is 32.9 Å². The summed E-state index contributed by atoms with van der Waals surface area (Å²) < 4.78 is 11.1. The van der Waals surface area contributed by atoms with Crippen molar-refractivity contribution in [3.8, 4) is 0 Å². The minimum atomic E-state index is -0.156. The highest BCUT2D eigenvalue weighted by atomic mass is 16.5. The Morgan fingerprint density at radius 3 is 1.93 bits per heavy atom. The SMILES string of the molecule is CC(C)(C)C=CCNC(=O)C1CCC(C(=O)NCCOCCOC(C)(C)C)CC1. The van der Waals surface area contributed by atoms with E-state index >= 15 is 0 Å². The Balaban J connectivity index is 2.13. The molecular formula is C23H42N2O4. The highest BCUT2D eigenvalue weighted by Gasteiger charge is 2.29. The number of hydrogen-bond donors (Lipinski definition) is 2.